The zero-order chi connectivity index (χ0) is 14.5. The molecule has 0 amide bonds. The van der Waals surface area contributed by atoms with Crippen LogP contribution in [-0.2, 0) is 6.42 Å². The molecule has 0 fully saturated rings. The van der Waals surface area contributed by atoms with Crippen LogP contribution in [0.1, 0.15) is 29.7 Å². The van der Waals surface area contributed by atoms with Gasteiger partial charge < -0.3 is 5.32 Å². The number of hydrogen-bond donors (Lipinski definition) is 1. The van der Waals surface area contributed by atoms with Gasteiger partial charge in [0.2, 0.25) is 0 Å². The number of nitrogens with one attached hydrogen (secondary N) is 1. The maximum atomic E-state index is 13.7. The van der Waals surface area contributed by atoms with E-state index in [-0.39, 0.29) is 11.9 Å². The molecule has 0 aliphatic carbocycles. The lowest BCUT2D eigenvalue weighted by atomic mass is 9.96. The van der Waals surface area contributed by atoms with Crippen LogP contribution >= 0.6 is 15.9 Å². The van der Waals surface area contributed by atoms with E-state index in [1.165, 1.54) is 11.1 Å². The summed E-state index contributed by atoms with van der Waals surface area (Å²) in [6.07, 6.45) is 0.863. The average molecular weight is 336 g/mol. The molecule has 0 aliphatic heterocycles. The van der Waals surface area contributed by atoms with E-state index in [1.54, 1.807) is 12.1 Å². The monoisotopic (exact) mass is 335 g/mol. The second-order valence-corrected chi connectivity index (χ2v) is 5.77. The Hall–Kier alpha value is -1.19. The van der Waals surface area contributed by atoms with Gasteiger partial charge in [0.05, 0.1) is 4.47 Å². The highest BCUT2D eigenvalue weighted by Gasteiger charge is 2.14. The van der Waals surface area contributed by atoms with Crippen molar-refractivity contribution in [3.63, 3.8) is 0 Å². The van der Waals surface area contributed by atoms with Crippen molar-refractivity contribution in [3.8, 4) is 0 Å². The van der Waals surface area contributed by atoms with Crippen LogP contribution in [0.2, 0.25) is 0 Å². The van der Waals surface area contributed by atoms with E-state index in [2.05, 4.69) is 47.2 Å². The van der Waals surface area contributed by atoms with E-state index in [4.69, 9.17) is 0 Å². The first-order valence-electron chi connectivity index (χ1n) is 6.84. The zero-order valence-electron chi connectivity index (χ0n) is 11.8. The molecule has 0 saturated carbocycles. The highest BCUT2D eigenvalue weighted by molar-refractivity contribution is 9.10. The van der Waals surface area contributed by atoms with Crippen molar-refractivity contribution in [2.45, 2.75) is 26.3 Å². The molecular weight excluding hydrogens is 317 g/mol. The third-order valence-electron chi connectivity index (χ3n) is 3.48. The number of aryl methyl sites for hydroxylation is 1. The molecule has 1 N–H and O–H groups in total. The Balaban J connectivity index is 2.27. The second-order valence-electron chi connectivity index (χ2n) is 4.91. The van der Waals surface area contributed by atoms with Crippen molar-refractivity contribution in [2.75, 3.05) is 6.54 Å². The fourth-order valence-corrected chi connectivity index (χ4v) is 2.59. The predicted octanol–water partition coefficient (Wildman–Crippen LogP) is 4.79. The summed E-state index contributed by atoms with van der Waals surface area (Å²) in [5.74, 6) is -0.213. The summed E-state index contributed by atoms with van der Waals surface area (Å²) in [4.78, 5) is 0. The molecular formula is C17H19BrFN. The number of rotatable bonds is 5. The Morgan fingerprint density at radius 1 is 1.20 bits per heavy atom. The van der Waals surface area contributed by atoms with Crippen LogP contribution in [0.3, 0.4) is 0 Å². The molecule has 1 nitrogen and oxygen atoms in total. The van der Waals surface area contributed by atoms with Crippen LogP contribution in [0.4, 0.5) is 4.39 Å². The highest BCUT2D eigenvalue weighted by Crippen LogP contribution is 2.24. The standard InChI is InChI=1S/C17H19BrFN/c1-3-20-17(11-13-7-5-4-6-12(13)2)14-8-9-15(18)16(19)10-14/h4-10,17,20H,3,11H2,1-2H3. The molecule has 1 atom stereocenters. The molecule has 0 spiro atoms. The van der Waals surface area contributed by atoms with Gasteiger partial charge in [-0.1, -0.05) is 37.3 Å². The molecule has 2 aromatic rings. The van der Waals surface area contributed by atoms with Gasteiger partial charge in [-0.15, -0.1) is 0 Å². The third-order valence-corrected chi connectivity index (χ3v) is 4.12. The minimum atomic E-state index is -0.213. The molecule has 0 bridgehead atoms. The number of hydrogen-bond acceptors (Lipinski definition) is 1. The molecule has 106 valence electrons. The summed E-state index contributed by atoms with van der Waals surface area (Å²) in [5.41, 5.74) is 3.55. The quantitative estimate of drug-likeness (QED) is 0.828. The minimum absolute atomic E-state index is 0.128. The molecule has 1 unspecified atom stereocenters. The van der Waals surface area contributed by atoms with Crippen LogP contribution < -0.4 is 5.32 Å². The van der Waals surface area contributed by atoms with E-state index in [1.807, 2.05) is 18.2 Å². The van der Waals surface area contributed by atoms with E-state index in [0.717, 1.165) is 18.5 Å². The predicted molar refractivity (Wildman–Crippen MR) is 85.4 cm³/mol. The Morgan fingerprint density at radius 2 is 1.95 bits per heavy atom. The van der Waals surface area contributed by atoms with Gasteiger partial charge >= 0.3 is 0 Å². The summed E-state index contributed by atoms with van der Waals surface area (Å²) >= 11 is 3.20. The lowest BCUT2D eigenvalue weighted by molar-refractivity contribution is 0.541. The fourth-order valence-electron chi connectivity index (χ4n) is 2.34. The van der Waals surface area contributed by atoms with Crippen molar-refractivity contribution in [2.24, 2.45) is 0 Å². The zero-order valence-corrected chi connectivity index (χ0v) is 13.4. The lowest BCUT2D eigenvalue weighted by Gasteiger charge is -2.20. The van der Waals surface area contributed by atoms with Gasteiger partial charge in [0, 0.05) is 6.04 Å². The first-order valence-corrected chi connectivity index (χ1v) is 7.64. The first-order chi connectivity index (χ1) is 9.61. The van der Waals surface area contributed by atoms with Crippen molar-refractivity contribution in [1.29, 1.82) is 0 Å². The fraction of sp³-hybridized carbons (Fsp3) is 0.294. The summed E-state index contributed by atoms with van der Waals surface area (Å²) in [7, 11) is 0. The summed E-state index contributed by atoms with van der Waals surface area (Å²) in [6, 6.07) is 13.8. The Labute approximate surface area is 128 Å². The van der Waals surface area contributed by atoms with E-state index < -0.39 is 0 Å². The smallest absolute Gasteiger partial charge is 0.137 e. The number of halogens is 2. The lowest BCUT2D eigenvalue weighted by Crippen LogP contribution is -2.23. The van der Waals surface area contributed by atoms with Gasteiger partial charge in [-0.2, -0.15) is 0 Å². The van der Waals surface area contributed by atoms with Crippen molar-refractivity contribution in [3.05, 3.63) is 69.4 Å². The highest BCUT2D eigenvalue weighted by atomic mass is 79.9. The van der Waals surface area contributed by atoms with Crippen LogP contribution in [0.25, 0.3) is 0 Å². The van der Waals surface area contributed by atoms with Crippen LogP contribution in [0.15, 0.2) is 46.9 Å². The Kier molecular flexibility index (Phi) is 5.32. The van der Waals surface area contributed by atoms with Crippen molar-refractivity contribution < 1.29 is 4.39 Å². The maximum absolute atomic E-state index is 13.7. The van der Waals surface area contributed by atoms with E-state index in [9.17, 15) is 4.39 Å². The molecule has 0 aliphatic rings. The molecule has 2 aromatic carbocycles. The van der Waals surface area contributed by atoms with Gasteiger partial charge in [0.15, 0.2) is 0 Å². The summed E-state index contributed by atoms with van der Waals surface area (Å²) in [6.45, 7) is 5.04. The molecule has 3 heteroatoms. The molecule has 0 saturated heterocycles. The Bertz CT molecular complexity index is 583. The molecule has 0 aromatic heterocycles. The third kappa shape index (κ3) is 3.68. The van der Waals surface area contributed by atoms with Gasteiger partial charge in [0.1, 0.15) is 5.82 Å². The topological polar surface area (TPSA) is 12.0 Å². The molecule has 2 rings (SSSR count). The van der Waals surface area contributed by atoms with Gasteiger partial charge in [0.25, 0.3) is 0 Å². The molecule has 0 heterocycles. The van der Waals surface area contributed by atoms with Crippen LogP contribution in [0, 0.1) is 12.7 Å². The van der Waals surface area contributed by atoms with Crippen molar-refractivity contribution in [1.82, 2.24) is 5.32 Å². The largest absolute Gasteiger partial charge is 0.310 e. The van der Waals surface area contributed by atoms with Crippen LogP contribution in [-0.4, -0.2) is 6.54 Å². The maximum Gasteiger partial charge on any atom is 0.137 e. The van der Waals surface area contributed by atoms with E-state index in [0.29, 0.717) is 4.47 Å². The van der Waals surface area contributed by atoms with Gasteiger partial charge in [-0.25, -0.2) is 4.39 Å². The SMILES string of the molecule is CCNC(Cc1ccccc1C)c1ccc(Br)c(F)c1. The number of likely N-dealkylation sites (N-methyl/N-ethyl adjacent to an activating group) is 1. The van der Waals surface area contributed by atoms with Gasteiger partial charge in [-0.3, -0.25) is 0 Å². The number of benzene rings is 2. The second kappa shape index (κ2) is 7.00. The summed E-state index contributed by atoms with van der Waals surface area (Å²) < 4.78 is 14.2. The molecule has 0 radical (unpaired) electrons. The Morgan fingerprint density at radius 3 is 2.60 bits per heavy atom. The normalized spacial score (nSPS) is 12.4. The van der Waals surface area contributed by atoms with Crippen molar-refractivity contribution >= 4 is 15.9 Å². The molecule has 20 heavy (non-hydrogen) atoms. The van der Waals surface area contributed by atoms with Gasteiger partial charge in [-0.05, 0) is 64.6 Å². The first kappa shape index (κ1) is 15.2. The van der Waals surface area contributed by atoms with Crippen LogP contribution in [0.5, 0.6) is 0 Å². The average Bonchev–Trinajstić information content (AvgIpc) is 2.44. The van der Waals surface area contributed by atoms with E-state index >= 15 is 0 Å². The minimum Gasteiger partial charge on any atom is -0.310 e. The summed E-state index contributed by atoms with van der Waals surface area (Å²) in [5, 5.41) is 3.44.